The molecule has 2 aliphatic carbocycles. The van der Waals surface area contributed by atoms with Crippen molar-refractivity contribution in [2.45, 2.75) is 70.3 Å². The molecule has 98 valence electrons. The molecular formula is C15H26O2. The summed E-state index contributed by atoms with van der Waals surface area (Å²) in [5, 5.41) is 0. The lowest BCUT2D eigenvalue weighted by Gasteiger charge is -2.37. The van der Waals surface area contributed by atoms with Crippen LogP contribution in [0.1, 0.15) is 64.7 Å². The summed E-state index contributed by atoms with van der Waals surface area (Å²) in [6.07, 6.45) is 10.1. The molecule has 0 unspecified atom stereocenters. The zero-order chi connectivity index (χ0) is 12.3. The van der Waals surface area contributed by atoms with E-state index in [2.05, 4.69) is 6.92 Å². The van der Waals surface area contributed by atoms with Gasteiger partial charge in [-0.15, -0.1) is 0 Å². The zero-order valence-electron chi connectivity index (χ0n) is 11.3. The maximum absolute atomic E-state index is 12.5. The molecule has 2 aliphatic rings. The van der Waals surface area contributed by atoms with Crippen molar-refractivity contribution in [3.8, 4) is 0 Å². The number of hydrogen-bond donors (Lipinski definition) is 0. The van der Waals surface area contributed by atoms with Gasteiger partial charge in [0.25, 0.3) is 0 Å². The van der Waals surface area contributed by atoms with Crippen LogP contribution in [-0.2, 0) is 9.53 Å². The van der Waals surface area contributed by atoms with Crippen LogP contribution in [-0.4, -0.2) is 18.5 Å². The molecule has 0 spiro atoms. The normalized spacial score (nSPS) is 35.1. The fourth-order valence-electron chi connectivity index (χ4n) is 3.49. The minimum absolute atomic E-state index is 0.388. The van der Waals surface area contributed by atoms with Crippen molar-refractivity contribution in [2.75, 3.05) is 7.11 Å². The van der Waals surface area contributed by atoms with Crippen molar-refractivity contribution in [3.05, 3.63) is 0 Å². The Morgan fingerprint density at radius 3 is 2.29 bits per heavy atom. The Balaban J connectivity index is 1.94. The lowest BCUT2D eigenvalue weighted by molar-refractivity contribution is -0.147. The summed E-state index contributed by atoms with van der Waals surface area (Å²) in [4.78, 5) is 12.5. The van der Waals surface area contributed by atoms with Crippen LogP contribution in [0.3, 0.4) is 0 Å². The Labute approximate surface area is 105 Å². The topological polar surface area (TPSA) is 26.3 Å². The number of Topliss-reactive ketones (excluding diaryl/α,β-unsaturated/α-hetero) is 1. The number of carbonyl (C=O) groups is 1. The Bertz CT molecular complexity index is 258. The van der Waals surface area contributed by atoms with Crippen molar-refractivity contribution < 1.29 is 9.53 Å². The molecule has 2 rings (SSSR count). The number of rotatable bonds is 4. The highest BCUT2D eigenvalue weighted by atomic mass is 16.5. The third-order valence-corrected chi connectivity index (χ3v) is 4.93. The molecule has 0 aromatic heterocycles. The number of hydrogen-bond acceptors (Lipinski definition) is 2. The minimum Gasteiger partial charge on any atom is -0.370 e. The molecule has 2 fully saturated rings. The van der Waals surface area contributed by atoms with Gasteiger partial charge in [-0.3, -0.25) is 4.79 Å². The molecule has 0 aliphatic heterocycles. The first-order valence-electron chi connectivity index (χ1n) is 7.25. The van der Waals surface area contributed by atoms with Crippen molar-refractivity contribution >= 4 is 5.78 Å². The van der Waals surface area contributed by atoms with Crippen LogP contribution < -0.4 is 0 Å². The van der Waals surface area contributed by atoms with Gasteiger partial charge in [0.05, 0.1) is 0 Å². The third kappa shape index (κ3) is 2.90. The van der Waals surface area contributed by atoms with E-state index in [0.717, 1.165) is 38.0 Å². The quantitative estimate of drug-likeness (QED) is 0.746. The zero-order valence-corrected chi connectivity index (χ0v) is 11.3. The summed E-state index contributed by atoms with van der Waals surface area (Å²) >= 11 is 0. The second-order valence-corrected chi connectivity index (χ2v) is 6.16. The molecule has 0 radical (unpaired) electrons. The van der Waals surface area contributed by atoms with Crippen LogP contribution in [0, 0.1) is 11.8 Å². The Morgan fingerprint density at radius 2 is 1.76 bits per heavy atom. The van der Waals surface area contributed by atoms with Crippen molar-refractivity contribution in [1.29, 1.82) is 0 Å². The smallest absolute Gasteiger partial charge is 0.164 e. The van der Waals surface area contributed by atoms with E-state index >= 15 is 0 Å². The summed E-state index contributed by atoms with van der Waals surface area (Å²) in [6, 6.07) is 0. The van der Waals surface area contributed by atoms with Crippen LogP contribution in [0.2, 0.25) is 0 Å². The molecule has 0 aromatic carbocycles. The minimum atomic E-state index is -0.422. The molecule has 2 saturated carbocycles. The second-order valence-electron chi connectivity index (χ2n) is 6.16. The average molecular weight is 238 g/mol. The van der Waals surface area contributed by atoms with Crippen LogP contribution in [0.4, 0.5) is 0 Å². The predicted octanol–water partition coefficient (Wildman–Crippen LogP) is 3.73. The first-order valence-corrected chi connectivity index (χ1v) is 7.25. The van der Waals surface area contributed by atoms with Gasteiger partial charge in [-0.1, -0.05) is 32.6 Å². The third-order valence-electron chi connectivity index (χ3n) is 4.93. The maximum Gasteiger partial charge on any atom is 0.164 e. The highest BCUT2D eigenvalue weighted by Crippen LogP contribution is 2.38. The number of ether oxygens (including phenoxy) is 1. The van der Waals surface area contributed by atoms with E-state index in [4.69, 9.17) is 4.74 Å². The Hall–Kier alpha value is -0.370. The molecule has 0 atom stereocenters. The van der Waals surface area contributed by atoms with Gasteiger partial charge in [-0.25, -0.2) is 0 Å². The van der Waals surface area contributed by atoms with E-state index < -0.39 is 5.60 Å². The van der Waals surface area contributed by atoms with Crippen LogP contribution >= 0.6 is 0 Å². The fraction of sp³-hybridized carbons (Fsp3) is 0.933. The summed E-state index contributed by atoms with van der Waals surface area (Å²) in [5.41, 5.74) is -0.422. The molecule has 0 N–H and O–H groups in total. The van der Waals surface area contributed by atoms with E-state index in [1.165, 1.54) is 25.7 Å². The predicted molar refractivity (Wildman–Crippen MR) is 69.0 cm³/mol. The van der Waals surface area contributed by atoms with Crippen LogP contribution in [0.25, 0.3) is 0 Å². The molecule has 0 saturated heterocycles. The largest absolute Gasteiger partial charge is 0.370 e. The maximum atomic E-state index is 12.5. The SMILES string of the molecule is COC1(C(=O)CC2CCCC2)CCC(C)CC1. The lowest BCUT2D eigenvalue weighted by Crippen LogP contribution is -2.44. The first kappa shape index (κ1) is 13.1. The molecule has 0 bridgehead atoms. The van der Waals surface area contributed by atoms with Crippen LogP contribution in [0.15, 0.2) is 0 Å². The van der Waals surface area contributed by atoms with Gasteiger partial charge >= 0.3 is 0 Å². The van der Waals surface area contributed by atoms with Gasteiger partial charge in [0.2, 0.25) is 0 Å². The highest BCUT2D eigenvalue weighted by Gasteiger charge is 2.41. The Morgan fingerprint density at radius 1 is 1.18 bits per heavy atom. The number of ketones is 1. The van der Waals surface area contributed by atoms with Gasteiger partial charge in [0, 0.05) is 13.5 Å². The van der Waals surface area contributed by atoms with E-state index in [-0.39, 0.29) is 0 Å². The molecule has 0 amide bonds. The number of carbonyl (C=O) groups excluding carboxylic acids is 1. The van der Waals surface area contributed by atoms with E-state index in [0.29, 0.717) is 11.7 Å². The van der Waals surface area contributed by atoms with Crippen molar-refractivity contribution in [2.24, 2.45) is 11.8 Å². The molecule has 0 aromatic rings. The standard InChI is InChI=1S/C15H26O2/c1-12-7-9-15(17-2,10-8-12)14(16)11-13-5-3-4-6-13/h12-13H,3-11H2,1-2H3. The average Bonchev–Trinajstić information content (AvgIpc) is 2.83. The van der Waals surface area contributed by atoms with E-state index in [9.17, 15) is 4.79 Å². The summed E-state index contributed by atoms with van der Waals surface area (Å²) in [5.74, 6) is 1.80. The molecule has 17 heavy (non-hydrogen) atoms. The van der Waals surface area contributed by atoms with Crippen molar-refractivity contribution in [3.63, 3.8) is 0 Å². The number of methoxy groups -OCH3 is 1. The fourth-order valence-corrected chi connectivity index (χ4v) is 3.49. The molecule has 2 nitrogen and oxygen atoms in total. The monoisotopic (exact) mass is 238 g/mol. The van der Waals surface area contributed by atoms with Gasteiger partial charge in [0.15, 0.2) is 5.78 Å². The van der Waals surface area contributed by atoms with Gasteiger partial charge in [-0.05, 0) is 37.5 Å². The summed E-state index contributed by atoms with van der Waals surface area (Å²) in [7, 11) is 1.72. The van der Waals surface area contributed by atoms with Gasteiger partial charge < -0.3 is 4.74 Å². The van der Waals surface area contributed by atoms with Gasteiger partial charge in [-0.2, -0.15) is 0 Å². The lowest BCUT2D eigenvalue weighted by atomic mass is 9.75. The second kappa shape index (κ2) is 5.51. The van der Waals surface area contributed by atoms with Crippen LogP contribution in [0.5, 0.6) is 0 Å². The Kier molecular flexibility index (Phi) is 4.24. The molecular weight excluding hydrogens is 212 g/mol. The molecule has 2 heteroatoms. The van der Waals surface area contributed by atoms with Crippen molar-refractivity contribution in [1.82, 2.24) is 0 Å². The molecule has 0 heterocycles. The summed E-state index contributed by atoms with van der Waals surface area (Å²) in [6.45, 7) is 2.28. The van der Waals surface area contributed by atoms with Gasteiger partial charge in [0.1, 0.15) is 5.60 Å². The highest BCUT2D eigenvalue weighted by molar-refractivity contribution is 5.87. The van der Waals surface area contributed by atoms with E-state index in [1.54, 1.807) is 7.11 Å². The summed E-state index contributed by atoms with van der Waals surface area (Å²) < 4.78 is 5.65. The first-order chi connectivity index (χ1) is 8.16. The van der Waals surface area contributed by atoms with E-state index in [1.807, 2.05) is 0 Å².